The van der Waals surface area contributed by atoms with Crippen LogP contribution >= 0.6 is 15.9 Å². The quantitative estimate of drug-likeness (QED) is 0.598. The van der Waals surface area contributed by atoms with E-state index in [9.17, 15) is 18.9 Å². The molecule has 2 rings (SSSR count). The zero-order chi connectivity index (χ0) is 15.6. The third kappa shape index (κ3) is 3.27. The molecule has 0 amide bonds. The van der Waals surface area contributed by atoms with E-state index < -0.39 is 22.2 Å². The molecule has 0 unspecified atom stereocenters. The first-order valence-electron chi connectivity index (χ1n) is 5.57. The van der Waals surface area contributed by atoms with Crippen molar-refractivity contribution in [1.29, 1.82) is 0 Å². The van der Waals surface area contributed by atoms with Gasteiger partial charge >= 0.3 is 5.69 Å². The van der Waals surface area contributed by atoms with Crippen molar-refractivity contribution in [3.05, 3.63) is 56.6 Å². The van der Waals surface area contributed by atoms with Gasteiger partial charge in [0.2, 0.25) is 5.75 Å². The second-order valence-electron chi connectivity index (χ2n) is 3.89. The number of ether oxygens (including phenoxy) is 2. The third-order valence-corrected chi connectivity index (χ3v) is 3.19. The Balaban J connectivity index is 2.46. The number of nitrogens with zero attached hydrogens (tertiary/aromatic N) is 1. The smallest absolute Gasteiger partial charge is 0.314 e. The molecule has 0 aromatic heterocycles. The van der Waals surface area contributed by atoms with Crippen molar-refractivity contribution >= 4 is 21.6 Å². The number of rotatable bonds is 4. The molecule has 21 heavy (non-hydrogen) atoms. The number of benzene rings is 2. The maximum Gasteiger partial charge on any atom is 0.314 e. The Labute approximate surface area is 126 Å². The molecule has 8 heteroatoms. The van der Waals surface area contributed by atoms with E-state index in [2.05, 4.69) is 15.9 Å². The molecular weight excluding hydrogens is 352 g/mol. The van der Waals surface area contributed by atoms with Crippen molar-refractivity contribution in [3.8, 4) is 17.2 Å². The van der Waals surface area contributed by atoms with Gasteiger partial charge in [-0.1, -0.05) is 0 Å². The summed E-state index contributed by atoms with van der Waals surface area (Å²) in [5, 5.41) is 10.9. The van der Waals surface area contributed by atoms with Crippen LogP contribution in [0.3, 0.4) is 0 Å². The monoisotopic (exact) mass is 359 g/mol. The van der Waals surface area contributed by atoms with E-state index in [-0.39, 0.29) is 21.7 Å². The summed E-state index contributed by atoms with van der Waals surface area (Å²) in [6.07, 6.45) is 0. The molecule has 0 bridgehead atoms. The molecule has 0 saturated carbocycles. The van der Waals surface area contributed by atoms with Crippen molar-refractivity contribution in [2.24, 2.45) is 0 Å². The molecular formula is C13H8BrF2NO4. The fraction of sp³-hybridized carbons (Fsp3) is 0.0769. The Kier molecular flexibility index (Phi) is 4.37. The molecule has 0 spiro atoms. The van der Waals surface area contributed by atoms with Gasteiger partial charge in [-0.2, -0.15) is 0 Å². The largest absolute Gasteiger partial charge is 0.494 e. The van der Waals surface area contributed by atoms with Gasteiger partial charge in [0.1, 0.15) is 11.6 Å². The second kappa shape index (κ2) is 6.04. The summed E-state index contributed by atoms with van der Waals surface area (Å²) < 4.78 is 37.1. The number of hydrogen-bond donors (Lipinski definition) is 0. The summed E-state index contributed by atoms with van der Waals surface area (Å²) >= 11 is 2.98. The van der Waals surface area contributed by atoms with Gasteiger partial charge in [0, 0.05) is 12.1 Å². The second-order valence-corrected chi connectivity index (χ2v) is 4.74. The van der Waals surface area contributed by atoms with Gasteiger partial charge in [0.05, 0.1) is 22.6 Å². The zero-order valence-corrected chi connectivity index (χ0v) is 12.2. The highest BCUT2D eigenvalue weighted by Gasteiger charge is 2.21. The highest BCUT2D eigenvalue weighted by molar-refractivity contribution is 9.10. The summed E-state index contributed by atoms with van der Waals surface area (Å²) in [6.45, 7) is 0. The molecule has 0 atom stereocenters. The molecule has 0 radical (unpaired) electrons. The predicted octanol–water partition coefficient (Wildman–Crippen LogP) is 4.44. The number of nitro benzene ring substituents is 1. The zero-order valence-electron chi connectivity index (χ0n) is 10.6. The van der Waals surface area contributed by atoms with Gasteiger partial charge in [-0.25, -0.2) is 8.78 Å². The van der Waals surface area contributed by atoms with E-state index in [1.54, 1.807) is 0 Å². The van der Waals surface area contributed by atoms with Crippen LogP contribution in [0.1, 0.15) is 0 Å². The molecule has 0 aliphatic heterocycles. The Morgan fingerprint density at radius 2 is 1.86 bits per heavy atom. The summed E-state index contributed by atoms with van der Waals surface area (Å²) in [4.78, 5) is 10.1. The lowest BCUT2D eigenvalue weighted by Crippen LogP contribution is -1.97. The van der Waals surface area contributed by atoms with Crippen LogP contribution < -0.4 is 9.47 Å². The first-order chi connectivity index (χ1) is 9.92. The Hall–Kier alpha value is -2.22. The lowest BCUT2D eigenvalue weighted by Gasteiger charge is -2.09. The molecule has 0 fully saturated rings. The Morgan fingerprint density at radius 1 is 1.14 bits per heavy atom. The maximum absolute atomic E-state index is 13.5. The van der Waals surface area contributed by atoms with Crippen molar-refractivity contribution in [3.63, 3.8) is 0 Å². The SMILES string of the molecule is COc1cc(Oc2ccc(Br)c(F)c2)c([N+](=O)[O-])cc1F. The standard InChI is InChI=1S/C13H8BrF2NO4/c1-20-12-6-13(11(17(18)19)5-10(12)16)21-7-2-3-8(14)9(15)4-7/h2-6H,1H3. The van der Waals surface area contributed by atoms with Crippen LogP contribution in [0, 0.1) is 21.7 Å². The van der Waals surface area contributed by atoms with Crippen molar-refractivity contribution in [2.45, 2.75) is 0 Å². The summed E-state index contributed by atoms with van der Waals surface area (Å²) in [5.74, 6) is -1.91. The molecule has 2 aromatic carbocycles. The van der Waals surface area contributed by atoms with Crippen LogP contribution in [-0.2, 0) is 0 Å². The average Bonchev–Trinajstić information content (AvgIpc) is 2.44. The minimum absolute atomic E-state index is 0.0347. The first-order valence-corrected chi connectivity index (χ1v) is 6.36. The minimum Gasteiger partial charge on any atom is -0.494 e. The van der Waals surface area contributed by atoms with Gasteiger partial charge in [0.25, 0.3) is 0 Å². The van der Waals surface area contributed by atoms with Gasteiger partial charge in [-0.05, 0) is 28.1 Å². The molecule has 0 heterocycles. The van der Waals surface area contributed by atoms with Crippen LogP contribution in [-0.4, -0.2) is 12.0 Å². The van der Waals surface area contributed by atoms with E-state index >= 15 is 0 Å². The predicted molar refractivity (Wildman–Crippen MR) is 73.8 cm³/mol. The highest BCUT2D eigenvalue weighted by atomic mass is 79.9. The van der Waals surface area contributed by atoms with Crippen molar-refractivity contribution in [1.82, 2.24) is 0 Å². The third-order valence-electron chi connectivity index (χ3n) is 2.55. The molecule has 0 aliphatic rings. The van der Waals surface area contributed by atoms with Crippen LogP contribution in [0.15, 0.2) is 34.8 Å². The maximum atomic E-state index is 13.5. The number of hydrogen-bond acceptors (Lipinski definition) is 4. The summed E-state index contributed by atoms with van der Waals surface area (Å²) in [6, 6.07) is 5.56. The molecule has 110 valence electrons. The van der Waals surface area contributed by atoms with Gasteiger partial charge in [0.15, 0.2) is 11.6 Å². The molecule has 0 N–H and O–H groups in total. The Morgan fingerprint density at radius 3 is 2.43 bits per heavy atom. The highest BCUT2D eigenvalue weighted by Crippen LogP contribution is 2.37. The molecule has 0 saturated heterocycles. The van der Waals surface area contributed by atoms with Gasteiger partial charge in [-0.15, -0.1) is 0 Å². The van der Waals surface area contributed by atoms with Crippen LogP contribution in [0.2, 0.25) is 0 Å². The van der Waals surface area contributed by atoms with Crippen LogP contribution in [0.4, 0.5) is 14.5 Å². The van der Waals surface area contributed by atoms with Crippen LogP contribution in [0.25, 0.3) is 0 Å². The van der Waals surface area contributed by atoms with E-state index in [1.165, 1.54) is 19.2 Å². The van der Waals surface area contributed by atoms with Crippen LogP contribution in [0.5, 0.6) is 17.2 Å². The van der Waals surface area contributed by atoms with Gasteiger partial charge in [-0.3, -0.25) is 10.1 Å². The normalized spacial score (nSPS) is 10.3. The Bertz CT molecular complexity index is 709. The summed E-state index contributed by atoms with van der Waals surface area (Å²) in [7, 11) is 1.22. The van der Waals surface area contributed by atoms with E-state index in [4.69, 9.17) is 9.47 Å². The fourth-order valence-corrected chi connectivity index (χ4v) is 1.82. The first kappa shape index (κ1) is 15.2. The number of nitro groups is 1. The van der Waals surface area contributed by atoms with E-state index in [1.807, 2.05) is 0 Å². The minimum atomic E-state index is -0.890. The number of halogens is 3. The average molecular weight is 360 g/mol. The van der Waals surface area contributed by atoms with E-state index in [0.29, 0.717) is 6.07 Å². The summed E-state index contributed by atoms with van der Waals surface area (Å²) in [5.41, 5.74) is -0.586. The van der Waals surface area contributed by atoms with Crippen molar-refractivity contribution < 1.29 is 23.2 Å². The number of methoxy groups -OCH3 is 1. The fourth-order valence-electron chi connectivity index (χ4n) is 1.57. The van der Waals surface area contributed by atoms with Gasteiger partial charge < -0.3 is 9.47 Å². The molecule has 5 nitrogen and oxygen atoms in total. The van der Waals surface area contributed by atoms with Crippen molar-refractivity contribution in [2.75, 3.05) is 7.11 Å². The lowest BCUT2D eigenvalue weighted by atomic mass is 10.2. The topological polar surface area (TPSA) is 61.6 Å². The molecule has 2 aromatic rings. The lowest BCUT2D eigenvalue weighted by molar-refractivity contribution is -0.385. The van der Waals surface area contributed by atoms with E-state index in [0.717, 1.165) is 12.1 Å². The molecule has 0 aliphatic carbocycles.